The van der Waals surface area contributed by atoms with Crippen molar-refractivity contribution in [3.63, 3.8) is 0 Å². The highest BCUT2D eigenvalue weighted by Gasteiger charge is 2.18. The number of aromatic carboxylic acids is 2. The number of fused-ring (bicyclic) bond motifs is 1. The van der Waals surface area contributed by atoms with E-state index in [2.05, 4.69) is 15.9 Å². The molecule has 3 aromatic carbocycles. The molecule has 2 N–H and O–H groups in total. The van der Waals surface area contributed by atoms with Crippen LogP contribution in [-0.4, -0.2) is 22.2 Å². The molecule has 0 aliphatic heterocycles. The number of carboxylic acid groups (broad SMARTS) is 2. The summed E-state index contributed by atoms with van der Waals surface area (Å²) in [4.78, 5) is 22.9. The lowest BCUT2D eigenvalue weighted by molar-refractivity contribution is 0.0695. The van der Waals surface area contributed by atoms with Gasteiger partial charge in [-0.15, -0.1) is 0 Å². The van der Waals surface area contributed by atoms with Gasteiger partial charge in [0.2, 0.25) is 0 Å². The van der Waals surface area contributed by atoms with E-state index in [1.165, 1.54) is 18.2 Å². The number of halogens is 1. The molecule has 0 radical (unpaired) electrons. The van der Waals surface area contributed by atoms with E-state index < -0.39 is 11.9 Å². The SMILES string of the molecule is O=C(O)c1cccc(C(=O)O)c1CCc1ccc2ccccc2c1Br. The van der Waals surface area contributed by atoms with E-state index in [-0.39, 0.29) is 11.1 Å². The van der Waals surface area contributed by atoms with E-state index in [1.807, 2.05) is 36.4 Å². The van der Waals surface area contributed by atoms with Gasteiger partial charge >= 0.3 is 11.9 Å². The van der Waals surface area contributed by atoms with Gasteiger partial charge in [0.05, 0.1) is 11.1 Å². The van der Waals surface area contributed by atoms with Crippen molar-refractivity contribution in [1.82, 2.24) is 0 Å². The number of benzene rings is 3. The molecule has 0 aliphatic carbocycles. The van der Waals surface area contributed by atoms with E-state index >= 15 is 0 Å². The molecule has 0 bridgehead atoms. The summed E-state index contributed by atoms with van der Waals surface area (Å²) in [5.74, 6) is -2.23. The van der Waals surface area contributed by atoms with Gasteiger partial charge in [-0.1, -0.05) is 42.5 Å². The fourth-order valence-corrected chi connectivity index (χ4v) is 3.68. The molecule has 0 heterocycles. The van der Waals surface area contributed by atoms with Crippen LogP contribution in [-0.2, 0) is 12.8 Å². The van der Waals surface area contributed by atoms with Gasteiger partial charge in [-0.25, -0.2) is 9.59 Å². The fraction of sp³-hybridized carbons (Fsp3) is 0.100. The first-order valence-corrected chi connectivity index (χ1v) is 8.53. The van der Waals surface area contributed by atoms with E-state index in [9.17, 15) is 19.8 Å². The number of hydrogen-bond acceptors (Lipinski definition) is 2. The second kappa shape index (κ2) is 7.07. The predicted octanol–water partition coefficient (Wildman–Crippen LogP) is 4.78. The van der Waals surface area contributed by atoms with Crippen LogP contribution in [0.4, 0.5) is 0 Å². The zero-order chi connectivity index (χ0) is 18.0. The summed E-state index contributed by atoms with van der Waals surface area (Å²) in [5.41, 5.74) is 1.44. The molecule has 3 rings (SSSR count). The number of carbonyl (C=O) groups is 2. The second-order valence-electron chi connectivity index (χ2n) is 5.70. The van der Waals surface area contributed by atoms with Gasteiger partial charge < -0.3 is 10.2 Å². The summed E-state index contributed by atoms with van der Waals surface area (Å²) in [6, 6.07) is 16.3. The molecule has 0 atom stereocenters. The lowest BCUT2D eigenvalue weighted by Gasteiger charge is -2.12. The normalized spacial score (nSPS) is 10.8. The van der Waals surface area contributed by atoms with Crippen molar-refractivity contribution in [2.24, 2.45) is 0 Å². The van der Waals surface area contributed by atoms with Gasteiger partial charge in [0.25, 0.3) is 0 Å². The Bertz CT molecular complexity index is 946. The Labute approximate surface area is 152 Å². The van der Waals surface area contributed by atoms with Crippen molar-refractivity contribution in [2.45, 2.75) is 12.8 Å². The first-order chi connectivity index (χ1) is 12.0. The van der Waals surface area contributed by atoms with Crippen molar-refractivity contribution in [3.05, 3.63) is 81.3 Å². The Morgan fingerprint density at radius 2 is 1.44 bits per heavy atom. The van der Waals surface area contributed by atoms with Gasteiger partial charge in [0.1, 0.15) is 0 Å². The van der Waals surface area contributed by atoms with Crippen LogP contribution < -0.4 is 0 Å². The topological polar surface area (TPSA) is 74.6 Å². The van der Waals surface area contributed by atoms with Gasteiger partial charge in [-0.05, 0) is 62.8 Å². The minimum absolute atomic E-state index is 0.0387. The minimum Gasteiger partial charge on any atom is -0.478 e. The smallest absolute Gasteiger partial charge is 0.335 e. The van der Waals surface area contributed by atoms with Crippen LogP contribution in [0.5, 0.6) is 0 Å². The third kappa shape index (κ3) is 3.42. The monoisotopic (exact) mass is 398 g/mol. The predicted molar refractivity (Wildman–Crippen MR) is 99.4 cm³/mol. The highest BCUT2D eigenvalue weighted by molar-refractivity contribution is 9.10. The number of rotatable bonds is 5. The Hall–Kier alpha value is -2.66. The molecule has 0 aromatic heterocycles. The van der Waals surface area contributed by atoms with Crippen LogP contribution in [0.1, 0.15) is 31.8 Å². The maximum Gasteiger partial charge on any atom is 0.335 e. The van der Waals surface area contributed by atoms with Crippen molar-refractivity contribution < 1.29 is 19.8 Å². The third-order valence-corrected chi connectivity index (χ3v) is 5.16. The molecule has 0 saturated carbocycles. The lowest BCUT2D eigenvalue weighted by Crippen LogP contribution is -2.11. The Balaban J connectivity index is 1.98. The van der Waals surface area contributed by atoms with Gasteiger partial charge in [0.15, 0.2) is 0 Å². The number of carboxylic acids is 2. The maximum absolute atomic E-state index is 11.4. The molecule has 126 valence electrons. The van der Waals surface area contributed by atoms with Crippen molar-refractivity contribution >= 4 is 38.6 Å². The summed E-state index contributed by atoms with van der Waals surface area (Å²) in [6.45, 7) is 0. The molecule has 0 fully saturated rings. The molecule has 25 heavy (non-hydrogen) atoms. The van der Waals surface area contributed by atoms with Crippen LogP contribution in [0.15, 0.2) is 59.1 Å². The van der Waals surface area contributed by atoms with Crippen LogP contribution in [0.3, 0.4) is 0 Å². The quantitative estimate of drug-likeness (QED) is 0.647. The molecule has 5 heteroatoms. The Morgan fingerprint density at radius 3 is 2.08 bits per heavy atom. The van der Waals surface area contributed by atoms with E-state index in [0.29, 0.717) is 18.4 Å². The average molecular weight is 399 g/mol. The van der Waals surface area contributed by atoms with Crippen molar-refractivity contribution in [3.8, 4) is 0 Å². The molecule has 0 unspecified atom stereocenters. The van der Waals surface area contributed by atoms with Gasteiger partial charge in [-0.2, -0.15) is 0 Å². The highest BCUT2D eigenvalue weighted by Crippen LogP contribution is 2.29. The average Bonchev–Trinajstić information content (AvgIpc) is 2.61. The molecular formula is C20H15BrO4. The molecule has 3 aromatic rings. The standard InChI is InChI=1S/C20H15BrO4/c21-18-13(9-8-12-4-1-2-5-14(12)18)10-11-15-16(19(22)23)6-3-7-17(15)20(24)25/h1-9H,10-11H2,(H,22,23)(H,24,25). The molecule has 0 aliphatic rings. The first kappa shape index (κ1) is 17.2. The molecule has 4 nitrogen and oxygen atoms in total. The molecule has 0 spiro atoms. The zero-order valence-corrected chi connectivity index (χ0v) is 14.8. The summed E-state index contributed by atoms with van der Waals surface area (Å²) < 4.78 is 0.954. The molecule has 0 amide bonds. The van der Waals surface area contributed by atoms with E-state index in [0.717, 1.165) is 20.8 Å². The highest BCUT2D eigenvalue weighted by atomic mass is 79.9. The number of aryl methyl sites for hydroxylation is 1. The molecular weight excluding hydrogens is 384 g/mol. The first-order valence-electron chi connectivity index (χ1n) is 7.73. The van der Waals surface area contributed by atoms with Crippen molar-refractivity contribution in [2.75, 3.05) is 0 Å². The maximum atomic E-state index is 11.4. The summed E-state index contributed by atoms with van der Waals surface area (Å²) >= 11 is 3.62. The van der Waals surface area contributed by atoms with Crippen molar-refractivity contribution in [1.29, 1.82) is 0 Å². The summed E-state index contributed by atoms with van der Waals surface area (Å²) in [7, 11) is 0. The zero-order valence-electron chi connectivity index (χ0n) is 13.2. The second-order valence-corrected chi connectivity index (χ2v) is 6.49. The van der Waals surface area contributed by atoms with Crippen LogP contribution in [0.25, 0.3) is 10.8 Å². The van der Waals surface area contributed by atoms with Gasteiger partial charge in [-0.3, -0.25) is 0 Å². The molecule has 0 saturated heterocycles. The number of hydrogen-bond donors (Lipinski definition) is 2. The van der Waals surface area contributed by atoms with Gasteiger partial charge in [0, 0.05) is 4.47 Å². The van der Waals surface area contributed by atoms with Crippen LogP contribution in [0, 0.1) is 0 Å². The van der Waals surface area contributed by atoms with E-state index in [1.54, 1.807) is 0 Å². The third-order valence-electron chi connectivity index (χ3n) is 4.22. The fourth-order valence-electron chi connectivity index (χ4n) is 2.99. The van der Waals surface area contributed by atoms with Crippen LogP contribution in [0.2, 0.25) is 0 Å². The largest absolute Gasteiger partial charge is 0.478 e. The minimum atomic E-state index is -1.12. The summed E-state index contributed by atoms with van der Waals surface area (Å²) in [6.07, 6.45) is 0.872. The van der Waals surface area contributed by atoms with E-state index in [4.69, 9.17) is 0 Å². The Morgan fingerprint density at radius 1 is 0.800 bits per heavy atom. The van der Waals surface area contributed by atoms with Crippen LogP contribution >= 0.6 is 15.9 Å². The lowest BCUT2D eigenvalue weighted by atomic mass is 9.94. The Kier molecular flexibility index (Phi) is 4.86. The summed E-state index contributed by atoms with van der Waals surface area (Å²) in [5, 5.41) is 20.9.